The van der Waals surface area contributed by atoms with Crippen LogP contribution in [-0.2, 0) is 9.47 Å². The molecule has 1 N–H and O–H groups in total. The second-order valence-corrected chi connectivity index (χ2v) is 2.44. The molecule has 4 heteroatoms. The molecule has 1 rings (SSSR count). The van der Waals surface area contributed by atoms with Crippen LogP contribution in [0, 0.1) is 0 Å². The summed E-state index contributed by atoms with van der Waals surface area (Å²) in [4.78, 5) is 0. The highest BCUT2D eigenvalue weighted by Crippen LogP contribution is 2.21. The molecule has 0 radical (unpaired) electrons. The van der Waals surface area contributed by atoms with Crippen molar-refractivity contribution in [2.45, 2.75) is 12.3 Å². The molecule has 0 heterocycles. The van der Waals surface area contributed by atoms with Crippen LogP contribution in [0.5, 0.6) is 0 Å². The quantitative estimate of drug-likeness (QED) is 0.686. The molecule has 1 aliphatic carbocycles. The highest BCUT2D eigenvalue weighted by molar-refractivity contribution is 5.26. The van der Waals surface area contributed by atoms with Crippen molar-refractivity contribution in [1.29, 1.82) is 0 Å². The predicted octanol–water partition coefficient (Wildman–Crippen LogP) is 1.33. The second kappa shape index (κ2) is 3.58. The minimum atomic E-state index is -1.49. The molecule has 0 saturated heterocycles. The van der Waals surface area contributed by atoms with Gasteiger partial charge in [-0.3, -0.25) is 0 Å². The second-order valence-electron chi connectivity index (χ2n) is 2.44. The Morgan fingerprint density at radius 3 is 2.67 bits per heavy atom. The van der Waals surface area contributed by atoms with E-state index in [-0.39, 0.29) is 5.76 Å². The van der Waals surface area contributed by atoms with Gasteiger partial charge in [-0.1, -0.05) is 0 Å². The lowest BCUT2D eigenvalue weighted by Crippen LogP contribution is -2.27. The number of allylic oxidation sites excluding steroid dienone is 1. The number of halogens is 1. The lowest BCUT2D eigenvalue weighted by Gasteiger charge is -2.20. The normalized spacial score (nSPS) is 29.2. The van der Waals surface area contributed by atoms with Gasteiger partial charge in [0, 0.05) is 13.2 Å². The Kier molecular flexibility index (Phi) is 2.70. The van der Waals surface area contributed by atoms with Crippen LogP contribution >= 0.6 is 0 Å². The van der Waals surface area contributed by atoms with Crippen LogP contribution in [0.25, 0.3) is 0 Å². The molecule has 68 valence electrons. The van der Waals surface area contributed by atoms with E-state index in [1.54, 1.807) is 0 Å². The Morgan fingerprint density at radius 2 is 2.17 bits per heavy atom. The minimum Gasteiger partial charge on any atom is -0.509 e. The Balaban J connectivity index is 2.82. The van der Waals surface area contributed by atoms with Gasteiger partial charge in [0.15, 0.2) is 6.17 Å². The lowest BCUT2D eigenvalue weighted by atomic mass is 10.1. The smallest absolute Gasteiger partial charge is 0.186 e. The molecule has 0 saturated carbocycles. The maximum absolute atomic E-state index is 13.0. The molecule has 0 aromatic rings. The van der Waals surface area contributed by atoms with Crippen LogP contribution in [0.1, 0.15) is 0 Å². The summed E-state index contributed by atoms with van der Waals surface area (Å²) in [6.07, 6.45) is 0.462. The van der Waals surface area contributed by atoms with Crippen LogP contribution in [0.15, 0.2) is 23.7 Å². The first-order valence-corrected chi connectivity index (χ1v) is 3.52. The molecule has 0 aliphatic heterocycles. The van der Waals surface area contributed by atoms with E-state index in [9.17, 15) is 4.39 Å². The standard InChI is InChI=1S/C8H11FO3/c1-11-5-3-6(10)8(9)7(4-5)12-2/h3-4,7-8,10H,1-2H3. The van der Waals surface area contributed by atoms with Crippen molar-refractivity contribution < 1.29 is 19.0 Å². The van der Waals surface area contributed by atoms with Crippen LogP contribution in [0.4, 0.5) is 4.39 Å². The summed E-state index contributed by atoms with van der Waals surface area (Å²) in [7, 11) is 2.82. The zero-order valence-electron chi connectivity index (χ0n) is 6.95. The van der Waals surface area contributed by atoms with Crippen molar-refractivity contribution in [3.8, 4) is 0 Å². The van der Waals surface area contributed by atoms with E-state index >= 15 is 0 Å². The number of hydrogen-bond donors (Lipinski definition) is 1. The van der Waals surface area contributed by atoms with Gasteiger partial charge in [0.05, 0.1) is 7.11 Å². The van der Waals surface area contributed by atoms with Crippen molar-refractivity contribution in [3.05, 3.63) is 23.7 Å². The maximum Gasteiger partial charge on any atom is 0.186 e. The molecule has 12 heavy (non-hydrogen) atoms. The zero-order valence-corrected chi connectivity index (χ0v) is 6.95. The first kappa shape index (κ1) is 9.06. The molecule has 2 unspecified atom stereocenters. The van der Waals surface area contributed by atoms with Crippen molar-refractivity contribution in [2.75, 3.05) is 14.2 Å². The van der Waals surface area contributed by atoms with Gasteiger partial charge >= 0.3 is 0 Å². The topological polar surface area (TPSA) is 38.7 Å². The van der Waals surface area contributed by atoms with Crippen LogP contribution in [0.2, 0.25) is 0 Å². The average Bonchev–Trinajstić information content (AvgIpc) is 2.09. The van der Waals surface area contributed by atoms with Gasteiger partial charge < -0.3 is 14.6 Å². The number of aliphatic hydroxyl groups is 1. The van der Waals surface area contributed by atoms with Gasteiger partial charge in [-0.25, -0.2) is 4.39 Å². The molecule has 3 nitrogen and oxygen atoms in total. The van der Waals surface area contributed by atoms with Crippen LogP contribution in [-0.4, -0.2) is 31.6 Å². The van der Waals surface area contributed by atoms with E-state index in [1.807, 2.05) is 0 Å². The average molecular weight is 174 g/mol. The summed E-state index contributed by atoms with van der Waals surface area (Å²) in [5.41, 5.74) is 0. The largest absolute Gasteiger partial charge is 0.509 e. The summed E-state index contributed by atoms with van der Waals surface area (Å²) >= 11 is 0. The van der Waals surface area contributed by atoms with Gasteiger partial charge in [-0.15, -0.1) is 0 Å². The highest BCUT2D eigenvalue weighted by atomic mass is 19.1. The molecular formula is C8H11FO3. The van der Waals surface area contributed by atoms with Gasteiger partial charge in [0.25, 0.3) is 0 Å². The Morgan fingerprint density at radius 1 is 1.50 bits per heavy atom. The Hall–Kier alpha value is -1.03. The Bertz CT molecular complexity index is 222. The number of alkyl halides is 1. The summed E-state index contributed by atoms with van der Waals surface area (Å²) in [6.45, 7) is 0. The minimum absolute atomic E-state index is 0.360. The summed E-state index contributed by atoms with van der Waals surface area (Å²) in [6, 6.07) is 0. The van der Waals surface area contributed by atoms with Crippen molar-refractivity contribution >= 4 is 0 Å². The molecule has 0 fully saturated rings. The van der Waals surface area contributed by atoms with E-state index in [1.165, 1.54) is 26.4 Å². The molecule has 0 aromatic heterocycles. The number of aliphatic hydroxyl groups excluding tert-OH is 1. The fourth-order valence-electron chi connectivity index (χ4n) is 1.00. The van der Waals surface area contributed by atoms with Gasteiger partial charge in [0.1, 0.15) is 17.6 Å². The number of ether oxygens (including phenoxy) is 2. The van der Waals surface area contributed by atoms with E-state index in [0.29, 0.717) is 5.76 Å². The fraction of sp³-hybridized carbons (Fsp3) is 0.500. The van der Waals surface area contributed by atoms with Crippen molar-refractivity contribution in [2.24, 2.45) is 0 Å². The number of methoxy groups -OCH3 is 2. The monoisotopic (exact) mass is 174 g/mol. The van der Waals surface area contributed by atoms with E-state index in [4.69, 9.17) is 14.6 Å². The third-order valence-corrected chi connectivity index (χ3v) is 1.70. The summed E-state index contributed by atoms with van der Waals surface area (Å²) in [5.74, 6) is 0.0504. The molecule has 1 aliphatic rings. The van der Waals surface area contributed by atoms with E-state index < -0.39 is 12.3 Å². The van der Waals surface area contributed by atoms with Crippen LogP contribution in [0.3, 0.4) is 0 Å². The summed E-state index contributed by atoms with van der Waals surface area (Å²) in [5, 5.41) is 9.07. The van der Waals surface area contributed by atoms with E-state index in [2.05, 4.69) is 0 Å². The summed E-state index contributed by atoms with van der Waals surface area (Å²) < 4.78 is 22.6. The number of hydrogen-bond acceptors (Lipinski definition) is 3. The first-order valence-electron chi connectivity index (χ1n) is 3.52. The third kappa shape index (κ3) is 1.58. The molecule has 2 atom stereocenters. The van der Waals surface area contributed by atoms with Crippen molar-refractivity contribution in [3.63, 3.8) is 0 Å². The molecule has 0 spiro atoms. The molecule has 0 amide bonds. The van der Waals surface area contributed by atoms with E-state index in [0.717, 1.165) is 0 Å². The number of rotatable bonds is 2. The van der Waals surface area contributed by atoms with Crippen LogP contribution < -0.4 is 0 Å². The third-order valence-electron chi connectivity index (χ3n) is 1.70. The first-order chi connectivity index (χ1) is 5.69. The zero-order chi connectivity index (χ0) is 9.14. The fourth-order valence-corrected chi connectivity index (χ4v) is 1.00. The maximum atomic E-state index is 13.0. The molecule has 0 bridgehead atoms. The Labute approximate surface area is 70.1 Å². The van der Waals surface area contributed by atoms with Gasteiger partial charge in [-0.05, 0) is 6.08 Å². The molecular weight excluding hydrogens is 163 g/mol. The lowest BCUT2D eigenvalue weighted by molar-refractivity contribution is 0.0560. The van der Waals surface area contributed by atoms with Gasteiger partial charge in [0.2, 0.25) is 0 Å². The van der Waals surface area contributed by atoms with Gasteiger partial charge in [-0.2, -0.15) is 0 Å². The van der Waals surface area contributed by atoms with Crippen molar-refractivity contribution in [1.82, 2.24) is 0 Å². The predicted molar refractivity (Wildman–Crippen MR) is 41.5 cm³/mol. The molecule has 0 aromatic carbocycles. The highest BCUT2D eigenvalue weighted by Gasteiger charge is 2.27. The SMILES string of the molecule is COC1=CC(OC)C(F)C(O)=C1.